The Labute approximate surface area is 113 Å². The quantitative estimate of drug-likeness (QED) is 0.837. The van der Waals surface area contributed by atoms with Crippen LogP contribution in [0.4, 0.5) is 0 Å². The Morgan fingerprint density at radius 2 is 2.28 bits per heavy atom. The number of amides is 1. The Balaban J connectivity index is 1.70. The zero-order valence-corrected chi connectivity index (χ0v) is 11.8. The average Bonchev–Trinajstić information content (AvgIpc) is 2.90. The number of nitrogens with one attached hydrogen (secondary N) is 1. The fraction of sp³-hybridized carbons (Fsp3) is 0.643. The second kappa shape index (κ2) is 6.90. The molecule has 1 aliphatic carbocycles. The van der Waals surface area contributed by atoms with Crippen LogP contribution in [0.5, 0.6) is 0 Å². The molecule has 0 bridgehead atoms. The van der Waals surface area contributed by atoms with E-state index in [0.29, 0.717) is 6.04 Å². The topological polar surface area (TPSA) is 45.7 Å². The number of thiophene rings is 1. The van der Waals surface area contributed by atoms with Crippen molar-refractivity contribution in [3.63, 3.8) is 0 Å². The van der Waals surface area contributed by atoms with Crippen molar-refractivity contribution in [2.75, 3.05) is 0 Å². The van der Waals surface area contributed by atoms with E-state index in [1.165, 1.54) is 24.1 Å². The molecule has 0 aliphatic heterocycles. The van der Waals surface area contributed by atoms with Crippen LogP contribution in [-0.4, -0.2) is 18.0 Å². The molecule has 0 spiro atoms. The van der Waals surface area contributed by atoms with Crippen LogP contribution in [0.1, 0.15) is 43.9 Å². The first-order valence-electron chi connectivity index (χ1n) is 6.92. The third kappa shape index (κ3) is 4.10. The molecule has 1 amide bonds. The van der Waals surface area contributed by atoms with Crippen LogP contribution < -0.4 is 10.6 Å². The fourth-order valence-electron chi connectivity index (χ4n) is 2.41. The van der Waals surface area contributed by atoms with Gasteiger partial charge < -0.3 is 10.6 Å². The van der Waals surface area contributed by atoms with Gasteiger partial charge in [-0.1, -0.05) is 25.3 Å². The maximum absolute atomic E-state index is 12.0. The maximum Gasteiger partial charge on any atom is 0.278 e. The first kappa shape index (κ1) is 13.6. The van der Waals surface area contributed by atoms with Crippen LogP contribution in [0.2, 0.25) is 0 Å². The minimum atomic E-state index is 0.00836. The molecule has 0 saturated heterocycles. The van der Waals surface area contributed by atoms with Gasteiger partial charge in [-0.25, -0.2) is 0 Å². The molecule has 1 fully saturated rings. The van der Waals surface area contributed by atoms with Gasteiger partial charge >= 0.3 is 0 Å². The van der Waals surface area contributed by atoms with Crippen molar-refractivity contribution in [2.45, 2.75) is 57.7 Å². The van der Waals surface area contributed by atoms with Crippen LogP contribution in [0.15, 0.2) is 17.5 Å². The van der Waals surface area contributed by atoms with Gasteiger partial charge in [0.05, 0.1) is 4.88 Å². The fourth-order valence-corrected chi connectivity index (χ4v) is 3.09. The number of carbonyl (C=O) groups is 1. The van der Waals surface area contributed by atoms with Crippen LogP contribution in [0.25, 0.3) is 0 Å². The van der Waals surface area contributed by atoms with Crippen molar-refractivity contribution in [2.24, 2.45) is 0 Å². The Morgan fingerprint density at radius 1 is 1.50 bits per heavy atom. The lowest BCUT2D eigenvalue weighted by Gasteiger charge is -2.23. The molecule has 4 heteroatoms. The first-order valence-corrected chi connectivity index (χ1v) is 7.80. The van der Waals surface area contributed by atoms with Crippen molar-refractivity contribution in [3.8, 4) is 0 Å². The van der Waals surface area contributed by atoms with Gasteiger partial charge in [0.2, 0.25) is 0 Å². The lowest BCUT2D eigenvalue weighted by molar-refractivity contribution is -0.688. The number of rotatable bonds is 5. The van der Waals surface area contributed by atoms with E-state index in [9.17, 15) is 4.79 Å². The van der Waals surface area contributed by atoms with Crippen molar-refractivity contribution in [1.29, 1.82) is 0 Å². The maximum atomic E-state index is 12.0. The Hall–Kier alpha value is -0.870. The molecule has 1 saturated carbocycles. The summed E-state index contributed by atoms with van der Waals surface area (Å²) in [6.07, 6.45) is 6.16. The monoisotopic (exact) mass is 267 g/mol. The van der Waals surface area contributed by atoms with Gasteiger partial charge in [-0.05, 0) is 31.2 Å². The molecule has 0 radical (unpaired) electrons. The highest BCUT2D eigenvalue weighted by Gasteiger charge is 2.21. The molecule has 2 rings (SSSR count). The van der Waals surface area contributed by atoms with E-state index in [-0.39, 0.29) is 11.9 Å². The molecule has 3 nitrogen and oxygen atoms in total. The summed E-state index contributed by atoms with van der Waals surface area (Å²) in [6, 6.07) is 4.60. The number of nitrogens with two attached hydrogens (primary N) is 1. The molecule has 1 atom stereocenters. The Morgan fingerprint density at radius 3 is 2.94 bits per heavy atom. The average molecular weight is 267 g/mol. The van der Waals surface area contributed by atoms with Crippen molar-refractivity contribution in [3.05, 3.63) is 22.4 Å². The summed E-state index contributed by atoms with van der Waals surface area (Å²) in [4.78, 5) is 13.4. The van der Waals surface area contributed by atoms with Crippen LogP contribution >= 0.6 is 11.3 Å². The smallest absolute Gasteiger partial charge is 0.278 e. The number of hydrogen-bond acceptors (Lipinski definition) is 2. The third-order valence-corrected chi connectivity index (χ3v) is 4.52. The summed E-state index contributed by atoms with van der Waals surface area (Å²) in [5.41, 5.74) is 0. The Kier molecular flexibility index (Phi) is 5.20. The lowest BCUT2D eigenvalue weighted by Crippen LogP contribution is -2.90. The highest BCUT2D eigenvalue weighted by Crippen LogP contribution is 2.17. The van der Waals surface area contributed by atoms with Gasteiger partial charge in [0.15, 0.2) is 6.04 Å². The number of carbonyl (C=O) groups excluding carboxylic acids is 1. The Bertz CT molecular complexity index is 358. The predicted molar refractivity (Wildman–Crippen MR) is 74.4 cm³/mol. The van der Waals surface area contributed by atoms with Crippen molar-refractivity contribution < 1.29 is 10.1 Å². The van der Waals surface area contributed by atoms with Gasteiger partial charge in [-0.3, -0.25) is 4.79 Å². The second-order valence-corrected chi connectivity index (χ2v) is 6.18. The van der Waals surface area contributed by atoms with Crippen molar-refractivity contribution in [1.82, 2.24) is 5.32 Å². The summed E-state index contributed by atoms with van der Waals surface area (Å²) >= 11 is 1.75. The first-order chi connectivity index (χ1) is 8.75. The second-order valence-electron chi connectivity index (χ2n) is 5.15. The van der Waals surface area contributed by atoms with Gasteiger partial charge in [0.1, 0.15) is 6.54 Å². The van der Waals surface area contributed by atoms with Crippen LogP contribution in [0.3, 0.4) is 0 Å². The predicted octanol–water partition coefficient (Wildman–Crippen LogP) is 1.65. The largest absolute Gasteiger partial charge is 0.348 e. The van der Waals surface area contributed by atoms with E-state index in [4.69, 9.17) is 0 Å². The summed E-state index contributed by atoms with van der Waals surface area (Å²) in [6.45, 7) is 2.89. The normalized spacial score (nSPS) is 18.5. The van der Waals surface area contributed by atoms with E-state index in [0.717, 1.165) is 19.4 Å². The lowest BCUT2D eigenvalue weighted by atomic mass is 9.95. The zero-order chi connectivity index (χ0) is 12.8. The molecule has 0 unspecified atom stereocenters. The summed E-state index contributed by atoms with van der Waals surface area (Å²) in [7, 11) is 0. The van der Waals surface area contributed by atoms with Gasteiger partial charge in [-0.2, -0.15) is 0 Å². The van der Waals surface area contributed by atoms with E-state index in [1.54, 1.807) is 11.3 Å². The number of hydrogen-bond donors (Lipinski definition) is 2. The minimum Gasteiger partial charge on any atom is -0.348 e. The van der Waals surface area contributed by atoms with Crippen LogP contribution in [0, 0.1) is 0 Å². The minimum absolute atomic E-state index is 0.00836. The molecular weight excluding hydrogens is 244 g/mol. The van der Waals surface area contributed by atoms with E-state index in [1.807, 2.05) is 6.92 Å². The van der Waals surface area contributed by atoms with E-state index >= 15 is 0 Å². The summed E-state index contributed by atoms with van der Waals surface area (Å²) < 4.78 is 0. The molecular formula is C14H23N2OS+. The molecule has 100 valence electrons. The molecule has 0 aromatic carbocycles. The highest BCUT2D eigenvalue weighted by atomic mass is 32.1. The molecule has 3 N–H and O–H groups in total. The van der Waals surface area contributed by atoms with Crippen LogP contribution in [-0.2, 0) is 11.3 Å². The van der Waals surface area contributed by atoms with E-state index < -0.39 is 0 Å². The summed E-state index contributed by atoms with van der Waals surface area (Å²) in [5.74, 6) is 0.193. The van der Waals surface area contributed by atoms with Gasteiger partial charge in [0, 0.05) is 6.04 Å². The highest BCUT2D eigenvalue weighted by molar-refractivity contribution is 7.09. The standard InChI is InChI=1S/C14H22N2OS/c1-11(15-10-13-8-5-9-18-13)14(17)16-12-6-3-2-4-7-12/h5,8-9,11-12,15H,2-4,6-7,10H2,1H3,(H,16,17)/p+1/t11-/m0/s1. The summed E-state index contributed by atoms with van der Waals surface area (Å²) in [5, 5.41) is 7.38. The molecule has 1 aliphatic rings. The third-order valence-electron chi connectivity index (χ3n) is 3.62. The zero-order valence-electron chi connectivity index (χ0n) is 11.0. The molecule has 1 aromatic heterocycles. The van der Waals surface area contributed by atoms with Gasteiger partial charge in [-0.15, -0.1) is 11.3 Å². The molecule has 1 heterocycles. The van der Waals surface area contributed by atoms with Crippen molar-refractivity contribution >= 4 is 17.2 Å². The molecule has 18 heavy (non-hydrogen) atoms. The SMILES string of the molecule is C[C@H]([NH2+]Cc1cccs1)C(=O)NC1CCCCC1. The van der Waals surface area contributed by atoms with Gasteiger partial charge in [0.25, 0.3) is 5.91 Å². The van der Waals surface area contributed by atoms with E-state index in [2.05, 4.69) is 28.1 Å². The molecule has 1 aromatic rings. The number of quaternary nitrogens is 1.